The third-order valence-electron chi connectivity index (χ3n) is 3.72. The van der Waals surface area contributed by atoms with E-state index in [2.05, 4.69) is 4.98 Å². The molecule has 0 spiro atoms. The molecule has 0 radical (unpaired) electrons. The summed E-state index contributed by atoms with van der Waals surface area (Å²) in [5.74, 6) is -0.347. The summed E-state index contributed by atoms with van der Waals surface area (Å²) in [5.41, 5.74) is 2.02. The van der Waals surface area contributed by atoms with Crippen LogP contribution in [0.25, 0.3) is 11.0 Å². The Labute approximate surface area is 134 Å². The minimum absolute atomic E-state index is 0.0259. The number of fused-ring (bicyclic) bond motifs is 1. The zero-order valence-electron chi connectivity index (χ0n) is 12.9. The van der Waals surface area contributed by atoms with Crippen molar-refractivity contribution in [3.05, 3.63) is 59.9 Å². The van der Waals surface area contributed by atoms with Gasteiger partial charge in [-0.05, 0) is 43.7 Å². The van der Waals surface area contributed by atoms with Crippen molar-refractivity contribution in [2.75, 3.05) is 0 Å². The summed E-state index contributed by atoms with van der Waals surface area (Å²) in [5, 5.41) is -0.552. The number of benzene rings is 2. The monoisotopic (exact) mass is 332 g/mol. The number of hydrogen-bond donors (Lipinski definition) is 0. The van der Waals surface area contributed by atoms with E-state index in [9.17, 15) is 12.8 Å². The molecule has 0 unspecified atom stereocenters. The van der Waals surface area contributed by atoms with Crippen LogP contribution in [-0.2, 0) is 16.4 Å². The van der Waals surface area contributed by atoms with E-state index < -0.39 is 15.1 Å². The van der Waals surface area contributed by atoms with Gasteiger partial charge in [-0.1, -0.05) is 24.3 Å². The van der Waals surface area contributed by atoms with Crippen molar-refractivity contribution in [2.24, 2.45) is 0 Å². The number of rotatable bonds is 4. The minimum atomic E-state index is -3.54. The van der Waals surface area contributed by atoms with E-state index in [1.807, 2.05) is 18.2 Å². The molecule has 4 nitrogen and oxygen atoms in total. The predicted octanol–water partition coefficient (Wildman–Crippen LogP) is 3.41. The van der Waals surface area contributed by atoms with Gasteiger partial charge in [0.1, 0.15) is 5.82 Å². The van der Waals surface area contributed by atoms with Gasteiger partial charge < -0.3 is 4.57 Å². The molecule has 0 bridgehead atoms. The summed E-state index contributed by atoms with van der Waals surface area (Å²) in [7, 11) is -3.54. The Morgan fingerprint density at radius 3 is 2.57 bits per heavy atom. The molecule has 0 amide bonds. The second-order valence-corrected chi connectivity index (χ2v) is 8.09. The quantitative estimate of drug-likeness (QED) is 0.736. The molecule has 2 aromatic carbocycles. The van der Waals surface area contributed by atoms with E-state index in [0.717, 1.165) is 5.52 Å². The number of hydrogen-bond acceptors (Lipinski definition) is 3. The molecule has 0 atom stereocenters. The molecule has 3 aromatic rings. The summed E-state index contributed by atoms with van der Waals surface area (Å²) >= 11 is 0. The Morgan fingerprint density at radius 2 is 1.87 bits per heavy atom. The summed E-state index contributed by atoms with van der Waals surface area (Å²) in [6.45, 7) is 3.50. The van der Waals surface area contributed by atoms with Gasteiger partial charge in [-0.2, -0.15) is 0 Å². The highest BCUT2D eigenvalue weighted by atomic mass is 32.2. The largest absolute Gasteiger partial charge is 0.310 e. The van der Waals surface area contributed by atoms with Gasteiger partial charge in [-0.25, -0.2) is 17.8 Å². The van der Waals surface area contributed by atoms with Crippen LogP contribution < -0.4 is 0 Å². The molecule has 0 saturated heterocycles. The van der Waals surface area contributed by atoms with Crippen molar-refractivity contribution in [1.82, 2.24) is 9.55 Å². The lowest BCUT2D eigenvalue weighted by Crippen LogP contribution is -2.19. The fourth-order valence-electron chi connectivity index (χ4n) is 2.45. The highest BCUT2D eigenvalue weighted by molar-refractivity contribution is 7.91. The van der Waals surface area contributed by atoms with E-state index in [1.54, 1.807) is 36.6 Å². The lowest BCUT2D eigenvalue weighted by Gasteiger charge is -2.12. The third-order valence-corrected chi connectivity index (χ3v) is 5.79. The van der Waals surface area contributed by atoms with Crippen molar-refractivity contribution in [3.8, 4) is 0 Å². The van der Waals surface area contributed by atoms with Gasteiger partial charge in [0.15, 0.2) is 0 Å². The standard InChI is InChI=1S/C17H17FN2O2S/c1-12(2)23(21,22)17-19-15-8-3-4-9-16(15)20(17)11-13-6-5-7-14(18)10-13/h3-10,12H,11H2,1-2H3. The second kappa shape index (κ2) is 5.77. The molecule has 0 saturated carbocycles. The summed E-state index contributed by atoms with van der Waals surface area (Å²) in [6, 6.07) is 13.4. The smallest absolute Gasteiger partial charge is 0.229 e. The number of para-hydroxylation sites is 2. The fourth-order valence-corrected chi connectivity index (χ4v) is 3.57. The summed E-state index contributed by atoms with van der Waals surface area (Å²) < 4.78 is 40.3. The van der Waals surface area contributed by atoms with Crippen molar-refractivity contribution >= 4 is 20.9 Å². The maximum atomic E-state index is 13.4. The number of aromatic nitrogens is 2. The number of halogens is 1. The molecule has 0 aliphatic heterocycles. The van der Waals surface area contributed by atoms with Crippen molar-refractivity contribution < 1.29 is 12.8 Å². The minimum Gasteiger partial charge on any atom is -0.310 e. The van der Waals surface area contributed by atoms with Crippen LogP contribution in [-0.4, -0.2) is 23.2 Å². The van der Waals surface area contributed by atoms with E-state index in [-0.39, 0.29) is 17.5 Å². The fraction of sp³-hybridized carbons (Fsp3) is 0.235. The maximum absolute atomic E-state index is 13.4. The van der Waals surface area contributed by atoms with Gasteiger partial charge in [0.2, 0.25) is 15.0 Å². The van der Waals surface area contributed by atoms with Gasteiger partial charge in [0.25, 0.3) is 0 Å². The molecule has 0 N–H and O–H groups in total. The molecule has 0 aliphatic carbocycles. The van der Waals surface area contributed by atoms with Crippen LogP contribution in [0.3, 0.4) is 0 Å². The molecule has 120 valence electrons. The molecule has 1 aromatic heterocycles. The first-order valence-corrected chi connectivity index (χ1v) is 8.88. The maximum Gasteiger partial charge on any atom is 0.229 e. The van der Waals surface area contributed by atoms with Crippen molar-refractivity contribution in [2.45, 2.75) is 30.8 Å². The van der Waals surface area contributed by atoms with Gasteiger partial charge >= 0.3 is 0 Å². The number of sulfone groups is 1. The van der Waals surface area contributed by atoms with Gasteiger partial charge in [0.05, 0.1) is 22.8 Å². The lowest BCUT2D eigenvalue weighted by molar-refractivity contribution is 0.566. The molecule has 23 heavy (non-hydrogen) atoms. The van der Waals surface area contributed by atoms with Gasteiger partial charge in [-0.3, -0.25) is 0 Å². The molecule has 6 heteroatoms. The number of imidazole rings is 1. The SMILES string of the molecule is CC(C)S(=O)(=O)c1nc2ccccc2n1Cc1cccc(F)c1. The Hall–Kier alpha value is -2.21. The molecule has 3 rings (SSSR count). The average Bonchev–Trinajstić information content (AvgIpc) is 2.87. The Bertz CT molecular complexity index is 962. The van der Waals surface area contributed by atoms with Crippen LogP contribution in [0.1, 0.15) is 19.4 Å². The summed E-state index contributed by atoms with van der Waals surface area (Å²) in [4.78, 5) is 4.31. The molecule has 0 fully saturated rings. The van der Waals surface area contributed by atoms with Crippen LogP contribution in [0, 0.1) is 5.82 Å². The normalized spacial score (nSPS) is 12.2. The van der Waals surface area contributed by atoms with Crippen LogP contribution in [0.5, 0.6) is 0 Å². The van der Waals surface area contributed by atoms with E-state index >= 15 is 0 Å². The number of nitrogens with zero attached hydrogens (tertiary/aromatic N) is 2. The van der Waals surface area contributed by atoms with E-state index in [4.69, 9.17) is 0 Å². The highest BCUT2D eigenvalue weighted by Crippen LogP contribution is 2.24. The zero-order valence-corrected chi connectivity index (χ0v) is 13.7. The third kappa shape index (κ3) is 2.86. The van der Waals surface area contributed by atoms with Crippen LogP contribution in [0.2, 0.25) is 0 Å². The first-order chi connectivity index (χ1) is 10.9. The topological polar surface area (TPSA) is 52.0 Å². The van der Waals surface area contributed by atoms with E-state index in [0.29, 0.717) is 11.1 Å². The first-order valence-electron chi connectivity index (χ1n) is 7.33. The molecular weight excluding hydrogens is 315 g/mol. The molecule has 1 heterocycles. The average molecular weight is 332 g/mol. The van der Waals surface area contributed by atoms with Gasteiger partial charge in [0, 0.05) is 0 Å². The first kappa shape index (κ1) is 15.7. The Kier molecular flexibility index (Phi) is 3.93. The van der Waals surface area contributed by atoms with Crippen molar-refractivity contribution in [1.29, 1.82) is 0 Å². The zero-order chi connectivity index (χ0) is 16.6. The molecule has 0 aliphatic rings. The van der Waals surface area contributed by atoms with Crippen LogP contribution in [0.4, 0.5) is 4.39 Å². The predicted molar refractivity (Wildman–Crippen MR) is 87.6 cm³/mol. The molecular formula is C17H17FN2O2S. The van der Waals surface area contributed by atoms with Gasteiger partial charge in [-0.15, -0.1) is 0 Å². The summed E-state index contributed by atoms with van der Waals surface area (Å²) in [6.07, 6.45) is 0. The highest BCUT2D eigenvalue weighted by Gasteiger charge is 2.27. The Balaban J connectivity index is 2.21. The van der Waals surface area contributed by atoms with Crippen molar-refractivity contribution in [3.63, 3.8) is 0 Å². The van der Waals surface area contributed by atoms with Crippen LogP contribution in [0.15, 0.2) is 53.7 Å². The van der Waals surface area contributed by atoms with Crippen LogP contribution >= 0.6 is 0 Å². The lowest BCUT2D eigenvalue weighted by atomic mass is 10.2. The Morgan fingerprint density at radius 1 is 1.13 bits per heavy atom. The second-order valence-electron chi connectivity index (χ2n) is 5.69. The van der Waals surface area contributed by atoms with E-state index in [1.165, 1.54) is 12.1 Å².